The third-order valence-electron chi connectivity index (χ3n) is 5.08. The van der Waals surface area contributed by atoms with Crippen LogP contribution in [0.2, 0.25) is 0 Å². The number of aromatic nitrogens is 2. The van der Waals surface area contributed by atoms with E-state index in [9.17, 15) is 14.4 Å². The van der Waals surface area contributed by atoms with E-state index < -0.39 is 5.92 Å². The van der Waals surface area contributed by atoms with Crippen LogP contribution in [0, 0.1) is 5.92 Å². The maximum atomic E-state index is 12.6. The first kappa shape index (κ1) is 21.7. The van der Waals surface area contributed by atoms with Crippen LogP contribution in [0.4, 0.5) is 10.8 Å². The quantitative estimate of drug-likeness (QED) is 0.456. The molecule has 2 aromatic rings. The zero-order valence-corrected chi connectivity index (χ0v) is 18.4. The lowest BCUT2D eigenvalue weighted by Gasteiger charge is -2.16. The average molecular weight is 462 g/mol. The molecule has 164 valence electrons. The van der Waals surface area contributed by atoms with Gasteiger partial charge in [-0.25, -0.2) is 0 Å². The smallest absolute Gasteiger partial charge is 0.231 e. The molecule has 1 aromatic heterocycles. The van der Waals surface area contributed by atoms with Gasteiger partial charge in [-0.05, 0) is 25.0 Å². The summed E-state index contributed by atoms with van der Waals surface area (Å²) in [5.74, 6) is -0.649. The molecule has 0 bridgehead atoms. The van der Waals surface area contributed by atoms with Gasteiger partial charge in [0.05, 0.1) is 17.8 Å². The summed E-state index contributed by atoms with van der Waals surface area (Å²) in [4.78, 5) is 38.5. The lowest BCUT2D eigenvalue weighted by Crippen LogP contribution is -2.32. The molecule has 2 atom stereocenters. The van der Waals surface area contributed by atoms with Crippen molar-refractivity contribution in [3.05, 3.63) is 30.3 Å². The molecule has 9 nitrogen and oxygen atoms in total. The molecule has 2 aliphatic rings. The Bertz CT molecular complexity index is 933. The Balaban J connectivity index is 1.22. The monoisotopic (exact) mass is 461 g/mol. The highest BCUT2D eigenvalue weighted by Gasteiger charge is 2.35. The number of amides is 3. The molecule has 0 radical (unpaired) electrons. The van der Waals surface area contributed by atoms with E-state index in [-0.39, 0.29) is 36.0 Å². The Morgan fingerprint density at radius 1 is 1.26 bits per heavy atom. The topological polar surface area (TPSA) is 114 Å². The molecule has 4 rings (SSSR count). The van der Waals surface area contributed by atoms with Crippen molar-refractivity contribution < 1.29 is 19.1 Å². The lowest BCUT2D eigenvalue weighted by atomic mass is 10.1. The standard InChI is InChI=1S/C20H23N5O4S2/c26-16(21-10-15-7-4-8-29-15)12-30-20-24-23-19(31-20)22-18(28)13-9-17(27)25(11-13)14-5-2-1-3-6-14/h1-3,5-6,13,15H,4,7-12H2,(H,21,26)(H,22,23,28)/t13-,15-/m1/s1. The number of carbonyl (C=O) groups excluding carboxylic acids is 3. The van der Waals surface area contributed by atoms with E-state index in [0.717, 1.165) is 25.1 Å². The van der Waals surface area contributed by atoms with Gasteiger partial charge < -0.3 is 20.3 Å². The Morgan fingerprint density at radius 3 is 2.87 bits per heavy atom. The van der Waals surface area contributed by atoms with Gasteiger partial charge in [0.15, 0.2) is 4.34 Å². The molecule has 11 heteroatoms. The maximum absolute atomic E-state index is 12.6. The number of ether oxygens (including phenoxy) is 1. The van der Waals surface area contributed by atoms with E-state index in [1.807, 2.05) is 30.3 Å². The number of nitrogens with zero attached hydrogens (tertiary/aromatic N) is 3. The fraction of sp³-hybridized carbons (Fsp3) is 0.450. The van der Waals surface area contributed by atoms with Crippen LogP contribution in [0.25, 0.3) is 0 Å². The van der Waals surface area contributed by atoms with Crippen molar-refractivity contribution in [1.29, 1.82) is 0 Å². The summed E-state index contributed by atoms with van der Waals surface area (Å²) < 4.78 is 6.07. The van der Waals surface area contributed by atoms with Crippen molar-refractivity contribution in [2.24, 2.45) is 5.92 Å². The Morgan fingerprint density at radius 2 is 2.10 bits per heavy atom. The second kappa shape index (κ2) is 10.2. The fourth-order valence-electron chi connectivity index (χ4n) is 3.48. The van der Waals surface area contributed by atoms with Crippen molar-refractivity contribution in [1.82, 2.24) is 15.5 Å². The van der Waals surface area contributed by atoms with E-state index in [1.165, 1.54) is 23.1 Å². The maximum Gasteiger partial charge on any atom is 0.231 e. The number of hydrogen-bond acceptors (Lipinski definition) is 8. The predicted octanol–water partition coefficient (Wildman–Crippen LogP) is 1.92. The van der Waals surface area contributed by atoms with Gasteiger partial charge in [-0.1, -0.05) is 41.3 Å². The van der Waals surface area contributed by atoms with Gasteiger partial charge in [-0.3, -0.25) is 14.4 Å². The largest absolute Gasteiger partial charge is 0.376 e. The third kappa shape index (κ3) is 5.81. The first-order chi connectivity index (χ1) is 15.1. The van der Waals surface area contributed by atoms with Crippen LogP contribution < -0.4 is 15.5 Å². The van der Waals surface area contributed by atoms with Gasteiger partial charge in [-0.2, -0.15) is 0 Å². The molecule has 2 fully saturated rings. The van der Waals surface area contributed by atoms with Crippen LogP contribution >= 0.6 is 23.1 Å². The van der Waals surface area contributed by atoms with Crippen LogP contribution in [0.15, 0.2) is 34.7 Å². The zero-order valence-electron chi connectivity index (χ0n) is 16.8. The van der Waals surface area contributed by atoms with E-state index >= 15 is 0 Å². The molecule has 3 heterocycles. The average Bonchev–Trinajstić information content (AvgIpc) is 3.53. The Kier molecular flexibility index (Phi) is 7.15. The SMILES string of the molecule is O=C(CSc1nnc(NC(=O)[C@@H]2CC(=O)N(c3ccccc3)C2)s1)NC[C@H]1CCCO1. The second-order valence-electron chi connectivity index (χ2n) is 7.33. The van der Waals surface area contributed by atoms with Gasteiger partial charge in [0, 0.05) is 31.8 Å². The molecule has 31 heavy (non-hydrogen) atoms. The highest BCUT2D eigenvalue weighted by molar-refractivity contribution is 8.01. The minimum atomic E-state index is -0.448. The van der Waals surface area contributed by atoms with Crippen LogP contribution in [-0.2, 0) is 19.1 Å². The lowest BCUT2D eigenvalue weighted by molar-refractivity contribution is -0.122. The zero-order chi connectivity index (χ0) is 21.6. The van der Waals surface area contributed by atoms with Gasteiger partial charge in [0.25, 0.3) is 0 Å². The highest BCUT2D eigenvalue weighted by Crippen LogP contribution is 2.28. The number of thioether (sulfide) groups is 1. The summed E-state index contributed by atoms with van der Waals surface area (Å²) >= 11 is 2.48. The molecule has 0 spiro atoms. The van der Waals surface area contributed by atoms with E-state index in [4.69, 9.17) is 4.74 Å². The molecule has 2 saturated heterocycles. The van der Waals surface area contributed by atoms with Gasteiger partial charge in [0.1, 0.15) is 0 Å². The molecule has 0 saturated carbocycles. The van der Waals surface area contributed by atoms with Crippen molar-refractivity contribution in [2.75, 3.05) is 35.7 Å². The van der Waals surface area contributed by atoms with Crippen molar-refractivity contribution in [3.8, 4) is 0 Å². The van der Waals surface area contributed by atoms with E-state index in [0.29, 0.717) is 22.6 Å². The first-order valence-electron chi connectivity index (χ1n) is 10.1. The third-order valence-corrected chi connectivity index (χ3v) is 7.05. The molecule has 1 aromatic carbocycles. The summed E-state index contributed by atoms with van der Waals surface area (Å²) in [5, 5.41) is 14.0. The van der Waals surface area contributed by atoms with Gasteiger partial charge in [0.2, 0.25) is 22.9 Å². The number of hydrogen-bond donors (Lipinski definition) is 2. The minimum Gasteiger partial charge on any atom is -0.376 e. The number of para-hydroxylation sites is 1. The van der Waals surface area contributed by atoms with Crippen LogP contribution in [0.3, 0.4) is 0 Å². The van der Waals surface area contributed by atoms with E-state index in [2.05, 4.69) is 20.8 Å². The molecule has 0 unspecified atom stereocenters. The molecule has 2 aliphatic heterocycles. The second-order valence-corrected chi connectivity index (χ2v) is 9.53. The van der Waals surface area contributed by atoms with Gasteiger partial charge >= 0.3 is 0 Å². The van der Waals surface area contributed by atoms with Crippen LogP contribution in [0.5, 0.6) is 0 Å². The molecule has 0 aliphatic carbocycles. The fourth-order valence-corrected chi connectivity index (χ4v) is 5.06. The van der Waals surface area contributed by atoms with Crippen molar-refractivity contribution in [2.45, 2.75) is 29.7 Å². The van der Waals surface area contributed by atoms with E-state index in [1.54, 1.807) is 4.90 Å². The van der Waals surface area contributed by atoms with Gasteiger partial charge in [-0.15, -0.1) is 10.2 Å². The normalized spacial score (nSPS) is 20.8. The molecular weight excluding hydrogens is 438 g/mol. The number of nitrogens with one attached hydrogen (secondary N) is 2. The van der Waals surface area contributed by atoms with Crippen molar-refractivity contribution in [3.63, 3.8) is 0 Å². The molecule has 3 amide bonds. The first-order valence-corrected chi connectivity index (χ1v) is 11.9. The number of rotatable bonds is 8. The summed E-state index contributed by atoms with van der Waals surface area (Å²) in [5.41, 5.74) is 0.787. The number of carbonyl (C=O) groups is 3. The summed E-state index contributed by atoms with van der Waals surface area (Å²) in [6.45, 7) is 1.62. The predicted molar refractivity (Wildman–Crippen MR) is 118 cm³/mol. The van der Waals surface area contributed by atoms with Crippen molar-refractivity contribution >= 4 is 51.6 Å². The van der Waals surface area contributed by atoms with Crippen LogP contribution in [-0.4, -0.2) is 59.5 Å². The number of anilines is 2. The molecular formula is C20H23N5O4S2. The summed E-state index contributed by atoms with van der Waals surface area (Å²) in [7, 11) is 0. The Labute approximate surface area is 187 Å². The van der Waals surface area contributed by atoms with Crippen LogP contribution in [0.1, 0.15) is 19.3 Å². The molecule has 2 N–H and O–H groups in total. The summed E-state index contributed by atoms with van der Waals surface area (Å²) in [6.07, 6.45) is 2.28. The Hall–Kier alpha value is -2.50. The highest BCUT2D eigenvalue weighted by atomic mass is 32.2. The summed E-state index contributed by atoms with van der Waals surface area (Å²) in [6, 6.07) is 9.30. The number of benzene rings is 1. The minimum absolute atomic E-state index is 0.0751.